The van der Waals surface area contributed by atoms with Gasteiger partial charge in [-0.3, -0.25) is 14.2 Å². The molecule has 1 atom stereocenters. The minimum atomic E-state index is -0.0815. The van der Waals surface area contributed by atoms with E-state index in [1.165, 1.54) is 35.9 Å². The van der Waals surface area contributed by atoms with Gasteiger partial charge in [0, 0.05) is 12.6 Å². The lowest BCUT2D eigenvalue weighted by molar-refractivity contribution is -0.119. The highest BCUT2D eigenvalue weighted by Gasteiger charge is 2.14. The number of thiophene rings is 1. The van der Waals surface area contributed by atoms with E-state index in [1.54, 1.807) is 16.7 Å². The minimum absolute atomic E-state index is 0.0281. The number of carbonyl (C=O) groups is 1. The Labute approximate surface area is 156 Å². The van der Waals surface area contributed by atoms with Crippen molar-refractivity contribution in [1.29, 1.82) is 0 Å². The van der Waals surface area contributed by atoms with Gasteiger partial charge < -0.3 is 5.32 Å². The summed E-state index contributed by atoms with van der Waals surface area (Å²) in [6.07, 6.45) is 6.15. The maximum Gasteiger partial charge on any atom is 0.263 e. The second-order valence-electron chi connectivity index (χ2n) is 5.99. The van der Waals surface area contributed by atoms with E-state index < -0.39 is 0 Å². The molecule has 25 heavy (non-hydrogen) atoms. The van der Waals surface area contributed by atoms with Gasteiger partial charge in [0.05, 0.1) is 11.1 Å². The Morgan fingerprint density at radius 2 is 2.32 bits per heavy atom. The number of hydrogen-bond acceptors (Lipinski definition) is 5. The van der Waals surface area contributed by atoms with E-state index in [0.29, 0.717) is 21.9 Å². The van der Waals surface area contributed by atoms with E-state index in [9.17, 15) is 9.59 Å². The number of aromatic nitrogens is 2. The molecule has 0 saturated heterocycles. The van der Waals surface area contributed by atoms with Crippen molar-refractivity contribution in [3.05, 3.63) is 34.5 Å². The number of unbranched alkanes of at least 4 members (excludes halogenated alkanes) is 2. The molecule has 0 saturated carbocycles. The molecule has 1 N–H and O–H groups in total. The Balaban J connectivity index is 2.02. The molecule has 0 aliphatic heterocycles. The lowest BCUT2D eigenvalue weighted by Crippen LogP contribution is -2.34. The summed E-state index contributed by atoms with van der Waals surface area (Å²) in [4.78, 5) is 30.0. The van der Waals surface area contributed by atoms with Crippen LogP contribution in [-0.2, 0) is 11.3 Å². The van der Waals surface area contributed by atoms with Crippen molar-refractivity contribution in [2.75, 3.05) is 5.75 Å². The summed E-state index contributed by atoms with van der Waals surface area (Å²) in [6, 6.07) is 1.95. The van der Waals surface area contributed by atoms with E-state index in [2.05, 4.69) is 23.8 Å². The number of carbonyl (C=O) groups excluding carboxylic acids is 1. The van der Waals surface area contributed by atoms with Gasteiger partial charge in [-0.05, 0) is 24.8 Å². The van der Waals surface area contributed by atoms with Gasteiger partial charge in [-0.1, -0.05) is 44.0 Å². The second kappa shape index (κ2) is 9.77. The summed E-state index contributed by atoms with van der Waals surface area (Å²) in [5.74, 6) is 0.221. The number of hydrogen-bond donors (Lipinski definition) is 1. The van der Waals surface area contributed by atoms with Crippen LogP contribution < -0.4 is 10.9 Å². The zero-order valence-corrected chi connectivity index (χ0v) is 16.4. The fraction of sp³-hybridized carbons (Fsp3) is 0.500. The summed E-state index contributed by atoms with van der Waals surface area (Å²) in [5.41, 5.74) is -0.0815. The fourth-order valence-electron chi connectivity index (χ4n) is 2.55. The molecule has 2 aromatic heterocycles. The molecule has 1 unspecified atom stereocenters. The maximum atomic E-state index is 12.5. The van der Waals surface area contributed by atoms with E-state index in [1.807, 2.05) is 12.3 Å². The molecule has 0 fully saturated rings. The van der Waals surface area contributed by atoms with Gasteiger partial charge in [-0.25, -0.2) is 4.98 Å². The van der Waals surface area contributed by atoms with Crippen molar-refractivity contribution in [2.24, 2.45) is 0 Å². The SMILES string of the molecule is C=CCn1c(SCC(=O)NC(C)CCCCC)nc2sccc2c1=O. The topological polar surface area (TPSA) is 64.0 Å². The second-order valence-corrected chi connectivity index (χ2v) is 7.83. The summed E-state index contributed by atoms with van der Waals surface area (Å²) in [5, 5.41) is 6.05. The minimum Gasteiger partial charge on any atom is -0.353 e. The van der Waals surface area contributed by atoms with Crippen LogP contribution in [0.1, 0.15) is 39.5 Å². The van der Waals surface area contributed by atoms with Gasteiger partial charge in [0.2, 0.25) is 5.91 Å². The van der Waals surface area contributed by atoms with Crippen LogP contribution in [0, 0.1) is 0 Å². The Hall–Kier alpha value is -1.60. The molecule has 0 spiro atoms. The van der Waals surface area contributed by atoms with Crippen LogP contribution in [0.25, 0.3) is 10.2 Å². The van der Waals surface area contributed by atoms with Crippen LogP contribution in [0.15, 0.2) is 34.1 Å². The summed E-state index contributed by atoms with van der Waals surface area (Å²) in [6.45, 7) is 8.28. The third-order valence-electron chi connectivity index (χ3n) is 3.84. The number of amides is 1. The van der Waals surface area contributed by atoms with Crippen LogP contribution in [0.4, 0.5) is 0 Å². The van der Waals surface area contributed by atoms with Crippen molar-refractivity contribution in [1.82, 2.24) is 14.9 Å². The molecule has 0 radical (unpaired) electrons. The highest BCUT2D eigenvalue weighted by molar-refractivity contribution is 7.99. The average Bonchev–Trinajstić information content (AvgIpc) is 3.05. The molecule has 5 nitrogen and oxygen atoms in total. The summed E-state index contributed by atoms with van der Waals surface area (Å²) in [7, 11) is 0. The number of nitrogens with one attached hydrogen (secondary N) is 1. The van der Waals surface area contributed by atoms with E-state index in [0.717, 1.165) is 12.8 Å². The predicted molar refractivity (Wildman–Crippen MR) is 107 cm³/mol. The van der Waals surface area contributed by atoms with Crippen molar-refractivity contribution < 1.29 is 4.79 Å². The normalized spacial score (nSPS) is 12.2. The van der Waals surface area contributed by atoms with Crippen LogP contribution in [0.2, 0.25) is 0 Å². The third-order valence-corrected chi connectivity index (χ3v) is 5.62. The Morgan fingerprint density at radius 3 is 3.04 bits per heavy atom. The lowest BCUT2D eigenvalue weighted by Gasteiger charge is -2.14. The van der Waals surface area contributed by atoms with Gasteiger partial charge in [-0.15, -0.1) is 17.9 Å². The smallest absolute Gasteiger partial charge is 0.263 e. The average molecular weight is 380 g/mol. The molecule has 2 heterocycles. The molecule has 0 aliphatic rings. The molecule has 7 heteroatoms. The van der Waals surface area contributed by atoms with E-state index in [4.69, 9.17) is 0 Å². The monoisotopic (exact) mass is 379 g/mol. The van der Waals surface area contributed by atoms with Crippen molar-refractivity contribution in [3.8, 4) is 0 Å². The number of allylic oxidation sites excluding steroid dienone is 1. The first-order chi connectivity index (χ1) is 12.1. The molecular weight excluding hydrogens is 354 g/mol. The Kier molecular flexibility index (Phi) is 7.71. The quantitative estimate of drug-likeness (QED) is 0.295. The summed E-state index contributed by atoms with van der Waals surface area (Å²) >= 11 is 2.73. The largest absolute Gasteiger partial charge is 0.353 e. The molecule has 0 bridgehead atoms. The summed E-state index contributed by atoms with van der Waals surface area (Å²) < 4.78 is 1.57. The Morgan fingerprint density at radius 1 is 1.52 bits per heavy atom. The molecular formula is C18H25N3O2S2. The Bertz CT molecular complexity index is 782. The van der Waals surface area contributed by atoms with Crippen molar-refractivity contribution in [2.45, 2.75) is 57.3 Å². The number of thioether (sulfide) groups is 1. The van der Waals surface area contributed by atoms with Crippen LogP contribution >= 0.6 is 23.1 Å². The predicted octanol–water partition coefficient (Wildman–Crippen LogP) is 3.82. The third kappa shape index (κ3) is 5.44. The first-order valence-electron chi connectivity index (χ1n) is 8.57. The molecule has 2 aromatic rings. The fourth-order valence-corrected chi connectivity index (χ4v) is 4.17. The van der Waals surface area contributed by atoms with Crippen molar-refractivity contribution in [3.63, 3.8) is 0 Å². The zero-order chi connectivity index (χ0) is 18.2. The highest BCUT2D eigenvalue weighted by atomic mass is 32.2. The number of fused-ring (bicyclic) bond motifs is 1. The number of rotatable bonds is 10. The van der Waals surface area contributed by atoms with Crippen LogP contribution in [0.3, 0.4) is 0 Å². The van der Waals surface area contributed by atoms with Crippen LogP contribution in [0.5, 0.6) is 0 Å². The molecule has 0 aromatic carbocycles. The van der Waals surface area contributed by atoms with Crippen LogP contribution in [-0.4, -0.2) is 27.3 Å². The molecule has 0 aliphatic carbocycles. The van der Waals surface area contributed by atoms with Crippen molar-refractivity contribution >= 4 is 39.2 Å². The zero-order valence-electron chi connectivity index (χ0n) is 14.8. The first-order valence-corrected chi connectivity index (χ1v) is 10.4. The highest BCUT2D eigenvalue weighted by Crippen LogP contribution is 2.21. The number of nitrogens with zero attached hydrogens (tertiary/aromatic N) is 2. The maximum absolute atomic E-state index is 12.5. The molecule has 136 valence electrons. The van der Waals surface area contributed by atoms with Gasteiger partial charge in [0.25, 0.3) is 5.56 Å². The van der Waals surface area contributed by atoms with Gasteiger partial charge >= 0.3 is 0 Å². The molecule has 1 amide bonds. The van der Waals surface area contributed by atoms with Gasteiger partial charge in [0.15, 0.2) is 5.16 Å². The lowest BCUT2D eigenvalue weighted by atomic mass is 10.1. The van der Waals surface area contributed by atoms with E-state index in [-0.39, 0.29) is 23.3 Å². The van der Waals surface area contributed by atoms with E-state index >= 15 is 0 Å². The van der Waals surface area contributed by atoms with Gasteiger partial charge in [0.1, 0.15) is 4.83 Å². The molecule has 2 rings (SSSR count). The van der Waals surface area contributed by atoms with Gasteiger partial charge in [-0.2, -0.15) is 0 Å². The first kappa shape index (κ1) is 19.7. The standard InChI is InChI=1S/C18H25N3O2S2/c1-4-6-7-8-13(3)19-15(22)12-25-18-20-16-14(9-11-24-16)17(23)21(18)10-5-2/h5,9,11,13H,2,4,6-8,10,12H2,1,3H3,(H,19,22).